The highest BCUT2D eigenvalue weighted by molar-refractivity contribution is 5.71. The predicted octanol–water partition coefficient (Wildman–Crippen LogP) is 15.8. The van der Waals surface area contributed by atoms with Crippen LogP contribution in [0.4, 0.5) is 0 Å². The first kappa shape index (κ1) is 54.4. The van der Waals surface area contributed by atoms with Crippen LogP contribution in [0.3, 0.4) is 0 Å². The summed E-state index contributed by atoms with van der Waals surface area (Å²) in [7, 11) is 0. The van der Waals surface area contributed by atoms with Crippen molar-refractivity contribution in [3.63, 3.8) is 0 Å². The molecule has 0 aromatic heterocycles. The molecule has 0 radical (unpaired) electrons. The van der Waals surface area contributed by atoms with Gasteiger partial charge >= 0.3 is 17.9 Å². The highest BCUT2D eigenvalue weighted by Gasteiger charge is 2.19. The van der Waals surface area contributed by atoms with Gasteiger partial charge < -0.3 is 14.2 Å². The summed E-state index contributed by atoms with van der Waals surface area (Å²) in [6.45, 7) is 11.3. The van der Waals surface area contributed by atoms with Crippen LogP contribution in [0.15, 0.2) is 0 Å². The summed E-state index contributed by atoms with van der Waals surface area (Å²) in [5.74, 6) is 0.785. The zero-order valence-electron chi connectivity index (χ0n) is 38.3. The van der Waals surface area contributed by atoms with Crippen LogP contribution in [-0.2, 0) is 28.6 Å². The average molecular weight is 793 g/mol. The molecule has 0 bridgehead atoms. The van der Waals surface area contributed by atoms with Crippen molar-refractivity contribution in [2.24, 2.45) is 11.8 Å². The summed E-state index contributed by atoms with van der Waals surface area (Å²) in [6.07, 6.45) is 42.3. The minimum Gasteiger partial charge on any atom is -0.462 e. The van der Waals surface area contributed by atoms with E-state index in [1.54, 1.807) is 0 Å². The Bertz CT molecular complexity index is 856. The molecule has 0 spiro atoms. The zero-order chi connectivity index (χ0) is 41.2. The SMILES string of the molecule is CCCCCCCCCCCCCCCCC(=O)OC[C@H](COC(=O)CCCCCCCCC(C)CC)OC(=O)CCCCCCCCCCCCCC(C)C. The first-order valence-corrected chi connectivity index (χ1v) is 24.8. The Hall–Kier alpha value is -1.59. The van der Waals surface area contributed by atoms with Gasteiger partial charge in [0.1, 0.15) is 13.2 Å². The van der Waals surface area contributed by atoms with E-state index < -0.39 is 6.10 Å². The standard InChI is InChI=1S/C50H96O6/c1-6-8-9-10-11-12-13-14-15-18-21-24-30-35-40-48(51)54-43-47(44-55-49(52)41-36-31-27-26-29-34-39-46(5)7-2)56-50(53)42-37-32-25-22-19-16-17-20-23-28-33-38-45(3)4/h45-47H,6-44H2,1-5H3/t46?,47-/m1/s1. The molecule has 0 aromatic carbocycles. The van der Waals surface area contributed by atoms with Gasteiger partial charge in [0.05, 0.1) is 0 Å². The third-order valence-electron chi connectivity index (χ3n) is 11.6. The van der Waals surface area contributed by atoms with Gasteiger partial charge in [0.15, 0.2) is 6.10 Å². The molecule has 332 valence electrons. The maximum absolute atomic E-state index is 12.8. The van der Waals surface area contributed by atoms with E-state index in [0.717, 1.165) is 69.6 Å². The van der Waals surface area contributed by atoms with Crippen molar-refractivity contribution in [3.05, 3.63) is 0 Å². The van der Waals surface area contributed by atoms with Gasteiger partial charge in [0.2, 0.25) is 0 Å². The molecule has 0 saturated heterocycles. The number of esters is 3. The molecule has 0 aliphatic rings. The molecule has 0 aromatic rings. The quantitative estimate of drug-likeness (QED) is 0.0347. The van der Waals surface area contributed by atoms with Gasteiger partial charge in [-0.2, -0.15) is 0 Å². The van der Waals surface area contributed by atoms with Crippen LogP contribution in [0, 0.1) is 11.8 Å². The Morgan fingerprint density at radius 3 is 1.02 bits per heavy atom. The van der Waals surface area contributed by atoms with Gasteiger partial charge in [-0.25, -0.2) is 0 Å². The third kappa shape index (κ3) is 42.0. The van der Waals surface area contributed by atoms with E-state index in [1.807, 2.05) is 0 Å². The summed E-state index contributed by atoms with van der Waals surface area (Å²) < 4.78 is 16.8. The summed E-state index contributed by atoms with van der Waals surface area (Å²) in [5, 5.41) is 0. The first-order valence-electron chi connectivity index (χ1n) is 24.8. The van der Waals surface area contributed by atoms with E-state index in [0.29, 0.717) is 19.3 Å². The molecule has 0 N–H and O–H groups in total. The monoisotopic (exact) mass is 793 g/mol. The molecule has 6 heteroatoms. The van der Waals surface area contributed by atoms with E-state index in [-0.39, 0.29) is 31.1 Å². The van der Waals surface area contributed by atoms with Crippen molar-refractivity contribution in [2.45, 2.75) is 278 Å². The molecule has 0 saturated carbocycles. The number of hydrogen-bond donors (Lipinski definition) is 0. The second-order valence-corrected chi connectivity index (χ2v) is 17.8. The van der Waals surface area contributed by atoms with Crippen LogP contribution >= 0.6 is 0 Å². The molecule has 0 fully saturated rings. The van der Waals surface area contributed by atoms with Crippen molar-refractivity contribution in [1.29, 1.82) is 0 Å². The van der Waals surface area contributed by atoms with Gasteiger partial charge in [-0.15, -0.1) is 0 Å². The molecule has 6 nitrogen and oxygen atoms in total. The fraction of sp³-hybridized carbons (Fsp3) is 0.940. The van der Waals surface area contributed by atoms with E-state index >= 15 is 0 Å². The Morgan fingerprint density at radius 2 is 0.679 bits per heavy atom. The summed E-state index contributed by atoms with van der Waals surface area (Å²) >= 11 is 0. The summed E-state index contributed by atoms with van der Waals surface area (Å²) in [5.41, 5.74) is 0. The number of carbonyl (C=O) groups excluding carboxylic acids is 3. The minimum atomic E-state index is -0.761. The van der Waals surface area contributed by atoms with Crippen molar-refractivity contribution < 1.29 is 28.6 Å². The number of unbranched alkanes of at least 4 members (excludes halogenated alkanes) is 28. The van der Waals surface area contributed by atoms with Gasteiger partial charge in [-0.3, -0.25) is 14.4 Å². The summed E-state index contributed by atoms with van der Waals surface area (Å²) in [4.78, 5) is 37.8. The lowest BCUT2D eigenvalue weighted by molar-refractivity contribution is -0.167. The molecule has 0 heterocycles. The minimum absolute atomic E-state index is 0.0647. The predicted molar refractivity (Wildman–Crippen MR) is 238 cm³/mol. The maximum Gasteiger partial charge on any atom is 0.306 e. The highest BCUT2D eigenvalue weighted by atomic mass is 16.6. The second kappa shape index (κ2) is 43.0. The molecule has 2 atom stereocenters. The van der Waals surface area contributed by atoms with Crippen LogP contribution in [0.2, 0.25) is 0 Å². The maximum atomic E-state index is 12.8. The Morgan fingerprint density at radius 1 is 0.375 bits per heavy atom. The lowest BCUT2D eigenvalue weighted by atomic mass is 10.00. The molecular formula is C50H96O6. The lowest BCUT2D eigenvalue weighted by Crippen LogP contribution is -2.30. The molecular weight excluding hydrogens is 697 g/mol. The van der Waals surface area contributed by atoms with E-state index in [9.17, 15) is 14.4 Å². The van der Waals surface area contributed by atoms with Crippen LogP contribution in [0.1, 0.15) is 272 Å². The Labute approximate surface area is 348 Å². The van der Waals surface area contributed by atoms with E-state index in [4.69, 9.17) is 14.2 Å². The smallest absolute Gasteiger partial charge is 0.306 e. The van der Waals surface area contributed by atoms with Crippen LogP contribution in [0.5, 0.6) is 0 Å². The number of hydrogen-bond acceptors (Lipinski definition) is 6. The number of rotatable bonds is 44. The van der Waals surface area contributed by atoms with Crippen molar-refractivity contribution in [3.8, 4) is 0 Å². The molecule has 0 aliphatic heterocycles. The van der Waals surface area contributed by atoms with E-state index in [2.05, 4.69) is 34.6 Å². The van der Waals surface area contributed by atoms with Gasteiger partial charge in [-0.05, 0) is 31.1 Å². The van der Waals surface area contributed by atoms with E-state index in [1.165, 1.54) is 161 Å². The number of carbonyl (C=O) groups is 3. The van der Waals surface area contributed by atoms with Gasteiger partial charge in [-0.1, -0.05) is 234 Å². The molecule has 0 aliphatic carbocycles. The van der Waals surface area contributed by atoms with Crippen LogP contribution < -0.4 is 0 Å². The van der Waals surface area contributed by atoms with Crippen molar-refractivity contribution in [2.75, 3.05) is 13.2 Å². The topological polar surface area (TPSA) is 78.9 Å². The first-order chi connectivity index (χ1) is 27.3. The Balaban J connectivity index is 4.32. The lowest BCUT2D eigenvalue weighted by Gasteiger charge is -2.18. The van der Waals surface area contributed by atoms with Gasteiger partial charge in [0.25, 0.3) is 0 Å². The van der Waals surface area contributed by atoms with Crippen molar-refractivity contribution >= 4 is 17.9 Å². The average Bonchev–Trinajstić information content (AvgIpc) is 3.18. The molecule has 0 rings (SSSR count). The molecule has 0 amide bonds. The Kier molecular flexibility index (Phi) is 41.8. The van der Waals surface area contributed by atoms with Crippen LogP contribution in [-0.4, -0.2) is 37.2 Å². The number of ether oxygens (including phenoxy) is 3. The fourth-order valence-corrected chi connectivity index (χ4v) is 7.43. The second-order valence-electron chi connectivity index (χ2n) is 17.8. The largest absolute Gasteiger partial charge is 0.462 e. The fourth-order valence-electron chi connectivity index (χ4n) is 7.43. The molecule has 56 heavy (non-hydrogen) atoms. The molecule has 1 unspecified atom stereocenters. The zero-order valence-corrected chi connectivity index (χ0v) is 38.3. The third-order valence-corrected chi connectivity index (χ3v) is 11.6. The van der Waals surface area contributed by atoms with Crippen LogP contribution in [0.25, 0.3) is 0 Å². The normalized spacial score (nSPS) is 12.5. The van der Waals surface area contributed by atoms with Gasteiger partial charge in [0, 0.05) is 19.3 Å². The highest BCUT2D eigenvalue weighted by Crippen LogP contribution is 2.17. The van der Waals surface area contributed by atoms with Crippen molar-refractivity contribution in [1.82, 2.24) is 0 Å². The summed E-state index contributed by atoms with van der Waals surface area (Å²) in [6, 6.07) is 0.